The molecule has 33 heavy (non-hydrogen) atoms. The number of carbonyl (C=O) groups excluding carboxylic acids is 1. The zero-order valence-electron chi connectivity index (χ0n) is 18.4. The van der Waals surface area contributed by atoms with E-state index in [9.17, 15) is 4.79 Å². The van der Waals surface area contributed by atoms with Crippen LogP contribution in [0.3, 0.4) is 0 Å². The quantitative estimate of drug-likeness (QED) is 0.395. The van der Waals surface area contributed by atoms with E-state index in [2.05, 4.69) is 5.32 Å². The van der Waals surface area contributed by atoms with E-state index in [1.54, 1.807) is 14.2 Å². The standard InChI is InChI=1S/C27H24N2O4/c1-31-22-15-16-26(32-2)23(17-22)25-10-6-9-24(29-25)19-11-13-20(14-12-19)28-27(30)18-33-21-7-4-3-5-8-21/h3-17H,18H2,1-2H3,(H,28,30). The average molecular weight is 440 g/mol. The highest BCUT2D eigenvalue weighted by Gasteiger charge is 2.11. The minimum atomic E-state index is -0.225. The summed E-state index contributed by atoms with van der Waals surface area (Å²) in [4.78, 5) is 17.0. The second-order valence-electron chi connectivity index (χ2n) is 7.20. The Labute approximate surface area is 192 Å². The number of anilines is 1. The summed E-state index contributed by atoms with van der Waals surface area (Å²) in [5.74, 6) is 1.88. The highest BCUT2D eigenvalue weighted by atomic mass is 16.5. The van der Waals surface area contributed by atoms with Crippen LogP contribution < -0.4 is 19.5 Å². The number of amides is 1. The van der Waals surface area contributed by atoms with Crippen molar-refractivity contribution < 1.29 is 19.0 Å². The van der Waals surface area contributed by atoms with E-state index in [1.165, 1.54) is 0 Å². The number of methoxy groups -OCH3 is 2. The van der Waals surface area contributed by atoms with Gasteiger partial charge in [-0.15, -0.1) is 0 Å². The fraction of sp³-hybridized carbons (Fsp3) is 0.111. The molecule has 0 fully saturated rings. The Bertz CT molecular complexity index is 1220. The Morgan fingerprint density at radius 3 is 2.27 bits per heavy atom. The first kappa shape index (κ1) is 21.9. The summed E-state index contributed by atoms with van der Waals surface area (Å²) in [6.45, 7) is -0.0578. The molecule has 0 aliphatic carbocycles. The van der Waals surface area contributed by atoms with Gasteiger partial charge in [-0.2, -0.15) is 0 Å². The van der Waals surface area contributed by atoms with Crippen LogP contribution in [0.4, 0.5) is 5.69 Å². The molecule has 4 rings (SSSR count). The number of pyridine rings is 1. The first-order chi connectivity index (χ1) is 16.2. The lowest BCUT2D eigenvalue weighted by Gasteiger charge is -2.11. The number of rotatable bonds is 8. The van der Waals surface area contributed by atoms with Gasteiger partial charge in [-0.25, -0.2) is 4.98 Å². The minimum Gasteiger partial charge on any atom is -0.497 e. The van der Waals surface area contributed by atoms with Gasteiger partial charge in [0.25, 0.3) is 5.91 Å². The lowest BCUT2D eigenvalue weighted by molar-refractivity contribution is -0.118. The number of nitrogens with zero attached hydrogens (tertiary/aromatic N) is 1. The van der Waals surface area contributed by atoms with Crippen LogP contribution in [0.5, 0.6) is 17.2 Å². The van der Waals surface area contributed by atoms with Crippen LogP contribution in [0.1, 0.15) is 0 Å². The average Bonchev–Trinajstić information content (AvgIpc) is 2.88. The molecule has 0 saturated carbocycles. The highest BCUT2D eigenvalue weighted by Crippen LogP contribution is 2.33. The van der Waals surface area contributed by atoms with E-state index in [-0.39, 0.29) is 12.5 Å². The smallest absolute Gasteiger partial charge is 0.262 e. The number of benzene rings is 3. The number of ether oxygens (including phenoxy) is 3. The third-order valence-corrected chi connectivity index (χ3v) is 5.01. The number of nitrogens with one attached hydrogen (secondary N) is 1. The van der Waals surface area contributed by atoms with Gasteiger partial charge in [0, 0.05) is 16.8 Å². The first-order valence-electron chi connectivity index (χ1n) is 10.4. The fourth-order valence-corrected chi connectivity index (χ4v) is 3.35. The molecular weight excluding hydrogens is 416 g/mol. The van der Waals surface area contributed by atoms with Crippen molar-refractivity contribution in [3.05, 3.63) is 91.0 Å². The molecule has 0 atom stereocenters. The van der Waals surface area contributed by atoms with Crippen molar-refractivity contribution in [1.82, 2.24) is 4.98 Å². The summed E-state index contributed by atoms with van der Waals surface area (Å²) in [5.41, 5.74) is 4.05. The third kappa shape index (κ3) is 5.49. The van der Waals surface area contributed by atoms with E-state index >= 15 is 0 Å². The SMILES string of the molecule is COc1ccc(OC)c(-c2cccc(-c3ccc(NC(=O)COc4ccccc4)cc3)n2)c1. The third-order valence-electron chi connectivity index (χ3n) is 5.01. The van der Waals surface area contributed by atoms with Gasteiger partial charge in [-0.05, 0) is 54.6 Å². The summed E-state index contributed by atoms with van der Waals surface area (Å²) >= 11 is 0. The molecular formula is C27H24N2O4. The summed E-state index contributed by atoms with van der Waals surface area (Å²) in [5, 5.41) is 2.84. The molecule has 1 heterocycles. The predicted octanol–water partition coefficient (Wildman–Crippen LogP) is 5.45. The molecule has 4 aromatic rings. The van der Waals surface area contributed by atoms with Crippen LogP contribution in [0.2, 0.25) is 0 Å². The molecule has 0 aliphatic rings. The van der Waals surface area contributed by atoms with Gasteiger partial charge in [0.15, 0.2) is 6.61 Å². The number of hydrogen-bond acceptors (Lipinski definition) is 5. The van der Waals surface area contributed by atoms with Crippen LogP contribution in [-0.2, 0) is 4.79 Å². The lowest BCUT2D eigenvalue weighted by Crippen LogP contribution is -2.20. The molecule has 6 heteroatoms. The molecule has 166 valence electrons. The Hall–Kier alpha value is -4.32. The second kappa shape index (κ2) is 10.3. The molecule has 0 radical (unpaired) electrons. The van der Waals surface area contributed by atoms with Crippen molar-refractivity contribution in [2.45, 2.75) is 0 Å². The molecule has 0 aliphatic heterocycles. The van der Waals surface area contributed by atoms with Crippen molar-refractivity contribution in [3.63, 3.8) is 0 Å². The van der Waals surface area contributed by atoms with Crippen molar-refractivity contribution >= 4 is 11.6 Å². The predicted molar refractivity (Wildman–Crippen MR) is 129 cm³/mol. The monoisotopic (exact) mass is 440 g/mol. The molecule has 1 N–H and O–H groups in total. The summed E-state index contributed by atoms with van der Waals surface area (Å²) < 4.78 is 16.3. The van der Waals surface area contributed by atoms with Crippen molar-refractivity contribution in [2.75, 3.05) is 26.1 Å². The summed E-state index contributed by atoms with van der Waals surface area (Å²) in [7, 11) is 3.26. The minimum absolute atomic E-state index is 0.0578. The molecule has 0 bridgehead atoms. The van der Waals surface area contributed by atoms with Crippen LogP contribution in [0, 0.1) is 0 Å². The maximum atomic E-state index is 12.2. The van der Waals surface area contributed by atoms with Crippen molar-refractivity contribution in [3.8, 4) is 39.8 Å². The normalized spacial score (nSPS) is 10.4. The van der Waals surface area contributed by atoms with Crippen LogP contribution in [0.15, 0.2) is 91.0 Å². The van der Waals surface area contributed by atoms with Crippen LogP contribution in [-0.4, -0.2) is 31.7 Å². The van der Waals surface area contributed by atoms with Gasteiger partial charge in [0.05, 0.1) is 25.6 Å². The number of hydrogen-bond donors (Lipinski definition) is 1. The Kier molecular flexibility index (Phi) is 6.85. The van der Waals surface area contributed by atoms with E-state index in [4.69, 9.17) is 19.2 Å². The molecule has 0 spiro atoms. The lowest BCUT2D eigenvalue weighted by atomic mass is 10.1. The molecule has 0 unspecified atom stereocenters. The van der Waals surface area contributed by atoms with Gasteiger partial charge in [-0.3, -0.25) is 4.79 Å². The van der Waals surface area contributed by atoms with Gasteiger partial charge < -0.3 is 19.5 Å². The number of carbonyl (C=O) groups is 1. The van der Waals surface area contributed by atoms with Crippen molar-refractivity contribution in [1.29, 1.82) is 0 Å². The van der Waals surface area contributed by atoms with E-state index in [0.717, 1.165) is 34.0 Å². The van der Waals surface area contributed by atoms with Crippen molar-refractivity contribution in [2.24, 2.45) is 0 Å². The first-order valence-corrected chi connectivity index (χ1v) is 10.4. The van der Waals surface area contributed by atoms with E-state index < -0.39 is 0 Å². The summed E-state index contributed by atoms with van der Waals surface area (Å²) in [6.07, 6.45) is 0. The number of aromatic nitrogens is 1. The largest absolute Gasteiger partial charge is 0.497 e. The maximum Gasteiger partial charge on any atom is 0.262 e. The summed E-state index contributed by atoms with van der Waals surface area (Å²) in [6, 6.07) is 28.2. The topological polar surface area (TPSA) is 69.7 Å². The van der Waals surface area contributed by atoms with Gasteiger partial charge in [-0.1, -0.05) is 36.4 Å². The highest BCUT2D eigenvalue weighted by molar-refractivity contribution is 5.92. The van der Waals surface area contributed by atoms with Crippen LogP contribution >= 0.6 is 0 Å². The van der Waals surface area contributed by atoms with E-state index in [1.807, 2.05) is 91.0 Å². The van der Waals surface area contributed by atoms with E-state index in [0.29, 0.717) is 11.4 Å². The molecule has 1 aromatic heterocycles. The molecule has 6 nitrogen and oxygen atoms in total. The molecule has 3 aromatic carbocycles. The van der Waals surface area contributed by atoms with Gasteiger partial charge >= 0.3 is 0 Å². The Morgan fingerprint density at radius 1 is 0.788 bits per heavy atom. The van der Waals surface area contributed by atoms with Gasteiger partial charge in [0.1, 0.15) is 17.2 Å². The Morgan fingerprint density at radius 2 is 1.55 bits per heavy atom. The molecule has 1 amide bonds. The van der Waals surface area contributed by atoms with Gasteiger partial charge in [0.2, 0.25) is 0 Å². The zero-order chi connectivity index (χ0) is 23.0. The number of para-hydroxylation sites is 1. The fourth-order valence-electron chi connectivity index (χ4n) is 3.35. The zero-order valence-corrected chi connectivity index (χ0v) is 18.4. The van der Waals surface area contributed by atoms with Crippen LogP contribution in [0.25, 0.3) is 22.5 Å². The Balaban J connectivity index is 1.47. The molecule has 0 saturated heterocycles. The maximum absolute atomic E-state index is 12.2. The second-order valence-corrected chi connectivity index (χ2v) is 7.20.